The van der Waals surface area contributed by atoms with Gasteiger partial charge in [-0.05, 0) is 48.9 Å². The molecule has 0 radical (unpaired) electrons. The van der Waals surface area contributed by atoms with Crippen molar-refractivity contribution in [1.29, 1.82) is 0 Å². The normalized spacial score (nSPS) is 12.4. The van der Waals surface area contributed by atoms with Crippen molar-refractivity contribution in [2.45, 2.75) is 17.9 Å². The average Bonchev–Trinajstić information content (AvgIpc) is 3.29. The number of carbonyl (C=O) groups excluding carboxylic acids is 1. The van der Waals surface area contributed by atoms with Gasteiger partial charge in [-0.1, -0.05) is 6.07 Å². The summed E-state index contributed by atoms with van der Waals surface area (Å²) in [5, 5.41) is 10.5. The van der Waals surface area contributed by atoms with Crippen LogP contribution in [0.15, 0.2) is 51.8 Å². The number of hydrogen-bond acceptors (Lipinski definition) is 8. The SMILES string of the molecule is COc1ccc([C@@H](C)NC(=O)c2nnc(-c3ccc(S(=O)(=O)N(C)C)cc3)o2)cc1OC. The summed E-state index contributed by atoms with van der Waals surface area (Å²) >= 11 is 0. The first-order valence-corrected chi connectivity index (χ1v) is 11.0. The molecular weight excluding hydrogens is 436 g/mol. The Morgan fingerprint density at radius 3 is 2.28 bits per heavy atom. The standard InChI is InChI=1S/C21H24N4O6S/c1-13(15-8-11-17(29-4)18(12-15)30-5)22-19(26)21-24-23-20(31-21)14-6-9-16(10-7-14)32(27,28)25(2)3/h6-13H,1-5H3,(H,22,26)/t13-/m1/s1. The van der Waals surface area contributed by atoms with Crippen LogP contribution in [0.1, 0.15) is 29.2 Å². The zero-order valence-electron chi connectivity index (χ0n) is 18.3. The summed E-state index contributed by atoms with van der Waals surface area (Å²) in [5.74, 6) is 0.476. The molecule has 1 aromatic heterocycles. The fourth-order valence-electron chi connectivity index (χ4n) is 2.88. The highest BCUT2D eigenvalue weighted by Crippen LogP contribution is 2.30. The Balaban J connectivity index is 1.73. The van der Waals surface area contributed by atoms with Crippen LogP contribution in [0.3, 0.4) is 0 Å². The summed E-state index contributed by atoms with van der Waals surface area (Å²) in [4.78, 5) is 12.7. The van der Waals surface area contributed by atoms with Gasteiger partial charge in [0.2, 0.25) is 15.9 Å². The predicted molar refractivity (Wildman–Crippen MR) is 116 cm³/mol. The van der Waals surface area contributed by atoms with Crippen molar-refractivity contribution in [3.05, 3.63) is 53.9 Å². The summed E-state index contributed by atoms with van der Waals surface area (Å²) in [6.45, 7) is 1.81. The van der Waals surface area contributed by atoms with E-state index in [0.717, 1.165) is 9.87 Å². The monoisotopic (exact) mass is 460 g/mol. The van der Waals surface area contributed by atoms with Gasteiger partial charge in [-0.15, -0.1) is 10.2 Å². The van der Waals surface area contributed by atoms with Crippen molar-refractivity contribution in [1.82, 2.24) is 19.8 Å². The van der Waals surface area contributed by atoms with Gasteiger partial charge in [0.15, 0.2) is 11.5 Å². The van der Waals surface area contributed by atoms with Gasteiger partial charge in [0, 0.05) is 19.7 Å². The molecule has 0 aliphatic carbocycles. The first kappa shape index (κ1) is 23.2. The molecule has 0 unspecified atom stereocenters. The lowest BCUT2D eigenvalue weighted by atomic mass is 10.1. The Labute approximate surface area is 186 Å². The van der Waals surface area contributed by atoms with E-state index in [1.807, 2.05) is 6.07 Å². The van der Waals surface area contributed by atoms with Crippen LogP contribution in [0.5, 0.6) is 11.5 Å². The number of nitrogens with one attached hydrogen (secondary N) is 1. The number of amides is 1. The van der Waals surface area contributed by atoms with E-state index < -0.39 is 15.9 Å². The highest BCUT2D eigenvalue weighted by molar-refractivity contribution is 7.89. The quantitative estimate of drug-likeness (QED) is 0.544. The smallest absolute Gasteiger partial charge is 0.309 e. The van der Waals surface area contributed by atoms with Crippen LogP contribution in [0.25, 0.3) is 11.5 Å². The molecule has 0 saturated carbocycles. The molecule has 170 valence electrons. The maximum atomic E-state index is 12.6. The van der Waals surface area contributed by atoms with E-state index >= 15 is 0 Å². The van der Waals surface area contributed by atoms with E-state index in [1.165, 1.54) is 45.5 Å². The highest BCUT2D eigenvalue weighted by atomic mass is 32.2. The van der Waals surface area contributed by atoms with Crippen LogP contribution in [0.2, 0.25) is 0 Å². The van der Waals surface area contributed by atoms with Gasteiger partial charge in [-0.2, -0.15) is 0 Å². The average molecular weight is 461 g/mol. The van der Waals surface area contributed by atoms with Gasteiger partial charge in [-0.25, -0.2) is 12.7 Å². The Hall–Kier alpha value is -3.44. The van der Waals surface area contributed by atoms with E-state index in [4.69, 9.17) is 13.9 Å². The number of nitrogens with zero attached hydrogens (tertiary/aromatic N) is 3. The third-order valence-electron chi connectivity index (χ3n) is 4.75. The molecule has 32 heavy (non-hydrogen) atoms. The number of hydrogen-bond donors (Lipinski definition) is 1. The zero-order valence-corrected chi connectivity index (χ0v) is 19.1. The fraction of sp³-hybridized carbons (Fsp3) is 0.286. The van der Waals surface area contributed by atoms with Crippen molar-refractivity contribution in [2.24, 2.45) is 0 Å². The van der Waals surface area contributed by atoms with Crippen molar-refractivity contribution in [2.75, 3.05) is 28.3 Å². The minimum absolute atomic E-state index is 0.0997. The molecule has 0 saturated heterocycles. The summed E-state index contributed by atoms with van der Waals surface area (Å²) in [5.41, 5.74) is 1.29. The van der Waals surface area contributed by atoms with Crippen LogP contribution >= 0.6 is 0 Å². The molecular formula is C21H24N4O6S. The molecule has 2 aromatic carbocycles. The third kappa shape index (κ3) is 4.73. The van der Waals surface area contributed by atoms with Crippen molar-refractivity contribution in [3.8, 4) is 23.0 Å². The molecule has 1 heterocycles. The van der Waals surface area contributed by atoms with Crippen LogP contribution < -0.4 is 14.8 Å². The lowest BCUT2D eigenvalue weighted by molar-refractivity contribution is 0.0905. The number of carbonyl (C=O) groups is 1. The first-order valence-electron chi connectivity index (χ1n) is 9.56. The van der Waals surface area contributed by atoms with Crippen molar-refractivity contribution >= 4 is 15.9 Å². The first-order chi connectivity index (χ1) is 15.2. The Morgan fingerprint density at radius 1 is 1.03 bits per heavy atom. The molecule has 3 aromatic rings. The van der Waals surface area contributed by atoms with Gasteiger partial charge in [0.05, 0.1) is 25.2 Å². The topological polar surface area (TPSA) is 124 Å². The van der Waals surface area contributed by atoms with Gasteiger partial charge in [0.25, 0.3) is 0 Å². The molecule has 11 heteroatoms. The van der Waals surface area contributed by atoms with Gasteiger partial charge in [0.1, 0.15) is 0 Å². The molecule has 0 spiro atoms. The second kappa shape index (κ2) is 9.37. The Bertz CT molecular complexity index is 1210. The minimum Gasteiger partial charge on any atom is -0.493 e. The van der Waals surface area contributed by atoms with Crippen molar-refractivity contribution in [3.63, 3.8) is 0 Å². The molecule has 1 atom stereocenters. The van der Waals surface area contributed by atoms with Crippen molar-refractivity contribution < 1.29 is 27.1 Å². The second-order valence-corrected chi connectivity index (χ2v) is 9.19. The van der Waals surface area contributed by atoms with E-state index in [2.05, 4.69) is 15.5 Å². The minimum atomic E-state index is -3.55. The predicted octanol–water partition coefficient (Wildman–Crippen LogP) is 2.50. The number of benzene rings is 2. The molecule has 1 amide bonds. The van der Waals surface area contributed by atoms with Gasteiger partial charge >= 0.3 is 11.8 Å². The van der Waals surface area contributed by atoms with E-state index in [1.54, 1.807) is 26.2 Å². The Morgan fingerprint density at radius 2 is 1.69 bits per heavy atom. The molecule has 0 aliphatic rings. The van der Waals surface area contributed by atoms with Crippen LogP contribution in [-0.2, 0) is 10.0 Å². The summed E-state index contributed by atoms with van der Waals surface area (Å²) in [6.07, 6.45) is 0. The summed E-state index contributed by atoms with van der Waals surface area (Å²) in [7, 11) is 2.44. The number of sulfonamides is 1. The van der Waals surface area contributed by atoms with Crippen LogP contribution in [-0.4, -0.2) is 57.1 Å². The third-order valence-corrected chi connectivity index (χ3v) is 6.58. The fourth-order valence-corrected chi connectivity index (χ4v) is 3.78. The number of methoxy groups -OCH3 is 2. The molecule has 10 nitrogen and oxygen atoms in total. The number of rotatable bonds is 8. The lowest BCUT2D eigenvalue weighted by Gasteiger charge is -2.15. The Kier molecular flexibility index (Phi) is 6.80. The molecule has 0 bridgehead atoms. The molecule has 0 aliphatic heterocycles. The summed E-state index contributed by atoms with van der Waals surface area (Å²) < 4.78 is 41.5. The second-order valence-electron chi connectivity index (χ2n) is 7.03. The van der Waals surface area contributed by atoms with Crippen LogP contribution in [0, 0.1) is 0 Å². The number of aromatic nitrogens is 2. The van der Waals surface area contributed by atoms with E-state index in [-0.39, 0.29) is 22.7 Å². The van der Waals surface area contributed by atoms with Gasteiger partial charge in [-0.3, -0.25) is 4.79 Å². The summed E-state index contributed by atoms with van der Waals surface area (Å²) in [6, 6.07) is 10.9. The van der Waals surface area contributed by atoms with Crippen LogP contribution in [0.4, 0.5) is 0 Å². The highest BCUT2D eigenvalue weighted by Gasteiger charge is 2.21. The molecule has 1 N–H and O–H groups in total. The van der Waals surface area contributed by atoms with E-state index in [9.17, 15) is 13.2 Å². The maximum absolute atomic E-state index is 12.6. The molecule has 3 rings (SSSR count). The molecule has 0 fully saturated rings. The largest absolute Gasteiger partial charge is 0.493 e. The number of ether oxygens (including phenoxy) is 2. The van der Waals surface area contributed by atoms with Gasteiger partial charge < -0.3 is 19.2 Å². The lowest BCUT2D eigenvalue weighted by Crippen LogP contribution is -2.27. The van der Waals surface area contributed by atoms with E-state index in [0.29, 0.717) is 17.1 Å². The maximum Gasteiger partial charge on any atom is 0.309 e. The zero-order chi connectivity index (χ0) is 23.5.